The van der Waals surface area contributed by atoms with Crippen LogP contribution in [-0.2, 0) is 9.53 Å². The van der Waals surface area contributed by atoms with Gasteiger partial charge in [0, 0.05) is 6.08 Å². The molecule has 0 aromatic carbocycles. The van der Waals surface area contributed by atoms with E-state index >= 15 is 0 Å². The van der Waals surface area contributed by atoms with E-state index < -0.39 is 0 Å². The topological polar surface area (TPSA) is 26.3 Å². The summed E-state index contributed by atoms with van der Waals surface area (Å²) in [6, 6.07) is 0. The van der Waals surface area contributed by atoms with Crippen molar-refractivity contribution >= 4 is 5.97 Å². The normalized spacial score (nSPS) is 16.8. The second kappa shape index (κ2) is 13.8. The summed E-state index contributed by atoms with van der Waals surface area (Å²) in [5.41, 5.74) is 1.51. The molecule has 0 saturated heterocycles. The van der Waals surface area contributed by atoms with Crippen LogP contribution in [0.25, 0.3) is 0 Å². The molecule has 0 bridgehead atoms. The Hall–Kier alpha value is -1.57. The van der Waals surface area contributed by atoms with Crippen molar-refractivity contribution in [3.8, 4) is 0 Å². The molecule has 0 aliphatic carbocycles. The van der Waals surface area contributed by atoms with Crippen molar-refractivity contribution in [2.24, 2.45) is 17.8 Å². The van der Waals surface area contributed by atoms with Crippen LogP contribution in [0.4, 0.5) is 0 Å². The number of rotatable bonds is 11. The average Bonchev–Trinajstić information content (AvgIpc) is 2.50. The number of hydrogen-bond acceptors (Lipinski definition) is 2. The molecule has 0 saturated carbocycles. The quantitative estimate of drug-likeness (QED) is 0.193. The third-order valence-electron chi connectivity index (χ3n) is 3.95. The van der Waals surface area contributed by atoms with E-state index in [9.17, 15) is 4.79 Å². The number of hydrogen-bond donors (Lipinski definition) is 0. The molecule has 0 aliphatic rings. The van der Waals surface area contributed by atoms with Crippen LogP contribution < -0.4 is 0 Å². The summed E-state index contributed by atoms with van der Waals surface area (Å²) in [5.74, 6) is 1.63. The lowest BCUT2D eigenvalue weighted by atomic mass is 9.90. The minimum atomic E-state index is -0.297. The van der Waals surface area contributed by atoms with Crippen LogP contribution in [0, 0.1) is 17.8 Å². The van der Waals surface area contributed by atoms with Gasteiger partial charge in [-0.2, -0.15) is 0 Å². The van der Waals surface area contributed by atoms with Crippen LogP contribution in [0.5, 0.6) is 0 Å². The van der Waals surface area contributed by atoms with E-state index in [-0.39, 0.29) is 5.97 Å². The van der Waals surface area contributed by atoms with Crippen molar-refractivity contribution < 1.29 is 9.53 Å². The maximum Gasteiger partial charge on any atom is 0.330 e. The van der Waals surface area contributed by atoms with Gasteiger partial charge in [-0.25, -0.2) is 4.79 Å². The molecule has 0 aliphatic heterocycles. The lowest BCUT2D eigenvalue weighted by Gasteiger charge is -2.15. The maximum absolute atomic E-state index is 11.1. The molecule has 3 atom stereocenters. The molecule has 0 spiro atoms. The predicted molar refractivity (Wildman–Crippen MR) is 105 cm³/mol. The highest BCUT2D eigenvalue weighted by molar-refractivity contribution is 5.82. The number of allylic oxidation sites excluding steroid dienone is 7. The second-order valence-corrected chi connectivity index (χ2v) is 6.80. The lowest BCUT2D eigenvalue weighted by Crippen LogP contribution is -2.02. The van der Waals surface area contributed by atoms with E-state index in [1.807, 2.05) is 12.2 Å². The first-order valence-corrected chi connectivity index (χ1v) is 9.24. The number of esters is 1. The molecule has 24 heavy (non-hydrogen) atoms. The highest BCUT2D eigenvalue weighted by Crippen LogP contribution is 2.21. The van der Waals surface area contributed by atoms with Gasteiger partial charge in [0.15, 0.2) is 0 Å². The summed E-state index contributed by atoms with van der Waals surface area (Å²) in [4.78, 5) is 11.1. The largest absolute Gasteiger partial charge is 0.463 e. The second-order valence-electron chi connectivity index (χ2n) is 6.80. The monoisotopic (exact) mass is 332 g/mol. The molecular formula is C22H36O2. The number of carbonyl (C=O) groups is 1. The van der Waals surface area contributed by atoms with Crippen LogP contribution in [0.2, 0.25) is 0 Å². The van der Waals surface area contributed by atoms with Crippen molar-refractivity contribution in [2.45, 2.75) is 60.8 Å². The smallest absolute Gasteiger partial charge is 0.330 e. The molecule has 0 aromatic heterocycles. The fourth-order valence-electron chi connectivity index (χ4n) is 2.72. The maximum atomic E-state index is 11.1. The van der Waals surface area contributed by atoms with Gasteiger partial charge in [-0.15, -0.1) is 0 Å². The molecule has 0 amide bonds. The minimum absolute atomic E-state index is 0.297. The van der Waals surface area contributed by atoms with Gasteiger partial charge in [0.1, 0.15) is 0 Å². The van der Waals surface area contributed by atoms with E-state index in [0.29, 0.717) is 24.4 Å². The first-order chi connectivity index (χ1) is 11.4. The Morgan fingerprint density at radius 2 is 1.67 bits per heavy atom. The summed E-state index contributed by atoms with van der Waals surface area (Å²) < 4.78 is 4.81. The molecule has 0 radical (unpaired) electrons. The summed E-state index contributed by atoms with van der Waals surface area (Å²) in [5, 5.41) is 0. The molecule has 2 heteroatoms. The zero-order chi connectivity index (χ0) is 18.4. The van der Waals surface area contributed by atoms with Gasteiger partial charge in [0.05, 0.1) is 6.61 Å². The molecule has 0 N–H and O–H groups in total. The van der Waals surface area contributed by atoms with Crippen molar-refractivity contribution in [3.05, 3.63) is 48.1 Å². The Bertz CT molecular complexity index is 455. The highest BCUT2D eigenvalue weighted by Gasteiger charge is 2.07. The van der Waals surface area contributed by atoms with Crippen molar-refractivity contribution in [2.75, 3.05) is 6.61 Å². The highest BCUT2D eigenvalue weighted by atomic mass is 16.5. The summed E-state index contributed by atoms with van der Waals surface area (Å²) in [6.07, 6.45) is 17.2. The Balaban J connectivity index is 4.17. The van der Waals surface area contributed by atoms with Gasteiger partial charge in [0.25, 0.3) is 0 Å². The zero-order valence-corrected chi connectivity index (χ0v) is 16.4. The van der Waals surface area contributed by atoms with Crippen molar-refractivity contribution in [1.82, 2.24) is 0 Å². The molecule has 0 rings (SSSR count). The van der Waals surface area contributed by atoms with Gasteiger partial charge < -0.3 is 4.74 Å². The standard InChI is InChI=1S/C22H36O2/c1-7-18(3)15-20(5)17-21(6)16-19(4)13-11-9-10-12-14-22(23)24-8-2/h9-15,18-19,21H,7-8,16-17H2,1-6H3/b10-9+,13-11+,14-12+,20-15+/t18-,19+,21-/m0/s1. The van der Waals surface area contributed by atoms with Crippen LogP contribution in [-0.4, -0.2) is 12.6 Å². The Labute approximate surface area is 149 Å². The van der Waals surface area contributed by atoms with E-state index in [1.54, 1.807) is 13.0 Å². The SMILES string of the molecule is CCOC(=O)/C=C/C=C/C=C/[C@@H](C)C[C@H](C)C/C(C)=C/[C@@H](C)CC. The molecule has 2 nitrogen and oxygen atoms in total. The number of carbonyl (C=O) groups excluding carboxylic acids is 1. The summed E-state index contributed by atoms with van der Waals surface area (Å²) in [6.45, 7) is 13.6. The third kappa shape index (κ3) is 12.9. The van der Waals surface area contributed by atoms with Gasteiger partial charge in [-0.05, 0) is 44.4 Å². The molecular weight excluding hydrogens is 296 g/mol. The van der Waals surface area contributed by atoms with Crippen molar-refractivity contribution in [3.63, 3.8) is 0 Å². The molecule has 0 unspecified atom stereocenters. The van der Waals surface area contributed by atoms with Gasteiger partial charge >= 0.3 is 5.97 Å². The molecule has 0 fully saturated rings. The first kappa shape index (κ1) is 22.4. The Kier molecular flexibility index (Phi) is 12.9. The van der Waals surface area contributed by atoms with Crippen LogP contribution >= 0.6 is 0 Å². The molecule has 0 heterocycles. The average molecular weight is 333 g/mol. The lowest BCUT2D eigenvalue weighted by molar-refractivity contribution is -0.137. The number of ether oxygens (including phenoxy) is 1. The first-order valence-electron chi connectivity index (χ1n) is 9.24. The fraction of sp³-hybridized carbons (Fsp3) is 0.591. The molecule has 136 valence electrons. The van der Waals surface area contributed by atoms with Crippen LogP contribution in [0.15, 0.2) is 48.1 Å². The predicted octanol–water partition coefficient (Wildman–Crippen LogP) is 6.26. The molecule has 0 aromatic rings. The van der Waals surface area contributed by atoms with E-state index in [1.165, 1.54) is 30.9 Å². The minimum Gasteiger partial charge on any atom is -0.463 e. The zero-order valence-electron chi connectivity index (χ0n) is 16.4. The Morgan fingerprint density at radius 1 is 1.00 bits per heavy atom. The van der Waals surface area contributed by atoms with E-state index in [4.69, 9.17) is 4.74 Å². The Morgan fingerprint density at radius 3 is 2.29 bits per heavy atom. The fourth-order valence-corrected chi connectivity index (χ4v) is 2.72. The summed E-state index contributed by atoms with van der Waals surface area (Å²) in [7, 11) is 0. The van der Waals surface area contributed by atoms with Gasteiger partial charge in [-0.1, -0.05) is 76.1 Å². The van der Waals surface area contributed by atoms with E-state index in [0.717, 1.165) is 0 Å². The third-order valence-corrected chi connectivity index (χ3v) is 3.95. The van der Waals surface area contributed by atoms with Crippen LogP contribution in [0.1, 0.15) is 60.8 Å². The summed E-state index contributed by atoms with van der Waals surface area (Å²) >= 11 is 0. The van der Waals surface area contributed by atoms with Crippen molar-refractivity contribution in [1.29, 1.82) is 0 Å². The van der Waals surface area contributed by atoms with Crippen LogP contribution in [0.3, 0.4) is 0 Å². The van der Waals surface area contributed by atoms with Gasteiger partial charge in [0.2, 0.25) is 0 Å². The van der Waals surface area contributed by atoms with E-state index in [2.05, 4.69) is 52.8 Å². The van der Waals surface area contributed by atoms with Gasteiger partial charge in [-0.3, -0.25) is 0 Å².